The van der Waals surface area contributed by atoms with Gasteiger partial charge in [-0.2, -0.15) is 0 Å². The Labute approximate surface area is 141 Å². The van der Waals surface area contributed by atoms with Crippen LogP contribution in [0.5, 0.6) is 0 Å². The van der Waals surface area contributed by atoms with Crippen LogP contribution in [0.2, 0.25) is 5.02 Å². The minimum atomic E-state index is 0.102. The SMILES string of the molecule is CN(C(=O)N1CCN(c2ncncc2Cl)CC1)C1CCOCC1. The van der Waals surface area contributed by atoms with Crippen molar-refractivity contribution in [3.05, 3.63) is 17.5 Å². The lowest BCUT2D eigenvalue weighted by molar-refractivity contribution is 0.0461. The molecule has 2 saturated heterocycles. The molecule has 2 fully saturated rings. The first-order valence-electron chi connectivity index (χ1n) is 7.96. The minimum absolute atomic E-state index is 0.102. The monoisotopic (exact) mass is 339 g/mol. The highest BCUT2D eigenvalue weighted by atomic mass is 35.5. The van der Waals surface area contributed by atoms with Crippen LogP contribution in [0.4, 0.5) is 10.6 Å². The molecular weight excluding hydrogens is 318 g/mol. The van der Waals surface area contributed by atoms with Gasteiger partial charge in [-0.3, -0.25) is 0 Å². The standard InChI is InChI=1S/C15H22ClN5O2/c1-19(12-2-8-23-9-3-12)15(22)21-6-4-20(5-7-21)14-13(16)10-17-11-18-14/h10-12H,2-9H2,1H3. The molecule has 0 saturated carbocycles. The molecule has 1 aromatic heterocycles. The van der Waals surface area contributed by atoms with Crippen LogP contribution in [0.25, 0.3) is 0 Å². The van der Waals surface area contributed by atoms with Gasteiger partial charge in [-0.1, -0.05) is 11.6 Å². The van der Waals surface area contributed by atoms with Gasteiger partial charge in [-0.05, 0) is 12.8 Å². The van der Waals surface area contributed by atoms with Crippen LogP contribution in [-0.4, -0.2) is 78.3 Å². The fourth-order valence-electron chi connectivity index (χ4n) is 3.10. The molecule has 0 aromatic carbocycles. The van der Waals surface area contributed by atoms with Crippen LogP contribution in [0, 0.1) is 0 Å². The van der Waals surface area contributed by atoms with E-state index in [1.54, 1.807) is 6.20 Å². The van der Waals surface area contributed by atoms with E-state index >= 15 is 0 Å². The molecule has 0 N–H and O–H groups in total. The van der Waals surface area contributed by atoms with Crippen molar-refractivity contribution in [2.75, 3.05) is 51.3 Å². The number of nitrogens with zero attached hydrogens (tertiary/aromatic N) is 5. The lowest BCUT2D eigenvalue weighted by Gasteiger charge is -2.40. The zero-order valence-electron chi connectivity index (χ0n) is 13.3. The Morgan fingerprint density at radius 1 is 1.30 bits per heavy atom. The summed E-state index contributed by atoms with van der Waals surface area (Å²) in [7, 11) is 1.89. The summed E-state index contributed by atoms with van der Waals surface area (Å²) in [4.78, 5) is 26.7. The van der Waals surface area contributed by atoms with Crippen LogP contribution in [0.15, 0.2) is 12.5 Å². The van der Waals surface area contributed by atoms with Crippen molar-refractivity contribution >= 4 is 23.4 Å². The van der Waals surface area contributed by atoms with E-state index in [1.165, 1.54) is 6.33 Å². The van der Waals surface area contributed by atoms with E-state index in [2.05, 4.69) is 14.9 Å². The number of amides is 2. The lowest BCUT2D eigenvalue weighted by Crippen LogP contribution is -2.54. The second-order valence-electron chi connectivity index (χ2n) is 5.91. The van der Waals surface area contributed by atoms with Crippen LogP contribution < -0.4 is 4.90 Å². The number of ether oxygens (including phenoxy) is 1. The molecule has 8 heteroatoms. The van der Waals surface area contributed by atoms with Gasteiger partial charge in [0.25, 0.3) is 0 Å². The third kappa shape index (κ3) is 3.67. The largest absolute Gasteiger partial charge is 0.381 e. The predicted octanol–water partition coefficient (Wildman–Crippen LogP) is 1.48. The van der Waals surface area contributed by atoms with Crippen LogP contribution in [0.3, 0.4) is 0 Å². The van der Waals surface area contributed by atoms with Crippen LogP contribution >= 0.6 is 11.6 Å². The molecule has 0 spiro atoms. The molecule has 3 rings (SSSR count). The molecule has 126 valence electrons. The van der Waals surface area contributed by atoms with Crippen LogP contribution in [-0.2, 0) is 4.74 Å². The number of halogens is 1. The quantitative estimate of drug-likeness (QED) is 0.816. The number of hydrogen-bond acceptors (Lipinski definition) is 5. The molecule has 0 aliphatic carbocycles. The second kappa shape index (κ2) is 7.31. The zero-order chi connectivity index (χ0) is 16.2. The van der Waals surface area contributed by atoms with E-state index < -0.39 is 0 Å². The van der Waals surface area contributed by atoms with Crippen molar-refractivity contribution in [2.45, 2.75) is 18.9 Å². The van der Waals surface area contributed by atoms with E-state index in [0.717, 1.165) is 45.0 Å². The number of carbonyl (C=O) groups excluding carboxylic acids is 1. The Balaban J connectivity index is 1.56. The maximum Gasteiger partial charge on any atom is 0.320 e. The molecule has 2 aliphatic rings. The molecule has 0 atom stereocenters. The van der Waals surface area contributed by atoms with Crippen molar-refractivity contribution < 1.29 is 9.53 Å². The number of rotatable bonds is 2. The predicted molar refractivity (Wildman–Crippen MR) is 87.8 cm³/mol. The summed E-state index contributed by atoms with van der Waals surface area (Å²) in [5, 5.41) is 0.548. The van der Waals surface area contributed by atoms with Crippen molar-refractivity contribution in [1.29, 1.82) is 0 Å². The van der Waals surface area contributed by atoms with Gasteiger partial charge in [0.2, 0.25) is 0 Å². The van der Waals surface area contributed by atoms with Gasteiger partial charge in [0.1, 0.15) is 11.3 Å². The van der Waals surface area contributed by atoms with E-state index in [4.69, 9.17) is 16.3 Å². The fraction of sp³-hybridized carbons (Fsp3) is 0.667. The van der Waals surface area contributed by atoms with Gasteiger partial charge in [-0.25, -0.2) is 14.8 Å². The smallest absolute Gasteiger partial charge is 0.320 e. The molecule has 0 bridgehead atoms. The molecule has 2 aliphatic heterocycles. The van der Waals surface area contributed by atoms with Gasteiger partial charge in [0.15, 0.2) is 5.82 Å². The molecule has 2 amide bonds. The third-order valence-corrected chi connectivity index (χ3v) is 4.80. The van der Waals surface area contributed by atoms with Gasteiger partial charge in [-0.15, -0.1) is 0 Å². The third-order valence-electron chi connectivity index (χ3n) is 4.54. The summed E-state index contributed by atoms with van der Waals surface area (Å²) in [5.74, 6) is 0.742. The van der Waals surface area contributed by atoms with Gasteiger partial charge < -0.3 is 19.4 Å². The summed E-state index contributed by atoms with van der Waals surface area (Å²) in [6.07, 6.45) is 4.93. The number of urea groups is 1. The molecule has 0 radical (unpaired) electrons. The van der Waals surface area contributed by atoms with E-state index in [0.29, 0.717) is 18.1 Å². The molecule has 0 unspecified atom stereocenters. The zero-order valence-corrected chi connectivity index (χ0v) is 14.1. The number of piperazine rings is 1. The van der Waals surface area contributed by atoms with Crippen LogP contribution in [0.1, 0.15) is 12.8 Å². The van der Waals surface area contributed by atoms with Gasteiger partial charge in [0, 0.05) is 52.5 Å². The Bertz CT molecular complexity index is 544. The first-order chi connectivity index (χ1) is 11.2. The number of hydrogen-bond donors (Lipinski definition) is 0. The van der Waals surface area contributed by atoms with Crippen molar-refractivity contribution in [3.8, 4) is 0 Å². The minimum Gasteiger partial charge on any atom is -0.381 e. The van der Waals surface area contributed by atoms with E-state index in [1.807, 2.05) is 16.8 Å². The second-order valence-corrected chi connectivity index (χ2v) is 6.31. The Morgan fingerprint density at radius 3 is 2.65 bits per heavy atom. The van der Waals surface area contributed by atoms with Gasteiger partial charge >= 0.3 is 6.03 Å². The summed E-state index contributed by atoms with van der Waals surface area (Å²) in [6.45, 7) is 4.28. The highest BCUT2D eigenvalue weighted by molar-refractivity contribution is 6.32. The maximum atomic E-state index is 12.6. The number of carbonyl (C=O) groups is 1. The summed E-state index contributed by atoms with van der Waals surface area (Å²) < 4.78 is 5.37. The highest BCUT2D eigenvalue weighted by Gasteiger charge is 2.29. The Morgan fingerprint density at radius 2 is 2.00 bits per heavy atom. The van der Waals surface area contributed by atoms with Gasteiger partial charge in [0.05, 0.1) is 6.20 Å². The molecule has 1 aromatic rings. The number of anilines is 1. The van der Waals surface area contributed by atoms with Crippen molar-refractivity contribution in [3.63, 3.8) is 0 Å². The topological polar surface area (TPSA) is 61.8 Å². The normalized spacial score (nSPS) is 19.7. The fourth-order valence-corrected chi connectivity index (χ4v) is 3.32. The molecule has 3 heterocycles. The molecule has 23 heavy (non-hydrogen) atoms. The lowest BCUT2D eigenvalue weighted by atomic mass is 10.1. The van der Waals surface area contributed by atoms with Crippen molar-refractivity contribution in [2.24, 2.45) is 0 Å². The first kappa shape index (κ1) is 16.3. The van der Waals surface area contributed by atoms with E-state index in [-0.39, 0.29) is 12.1 Å². The Hall–Kier alpha value is -1.60. The molecular formula is C15H22ClN5O2. The van der Waals surface area contributed by atoms with Crippen molar-refractivity contribution in [1.82, 2.24) is 19.8 Å². The average Bonchev–Trinajstić information content (AvgIpc) is 2.62. The Kier molecular flexibility index (Phi) is 5.17. The van der Waals surface area contributed by atoms with E-state index in [9.17, 15) is 4.79 Å². The maximum absolute atomic E-state index is 12.6. The summed E-state index contributed by atoms with van der Waals surface area (Å²) in [6, 6.07) is 0.385. The average molecular weight is 340 g/mol. The highest BCUT2D eigenvalue weighted by Crippen LogP contribution is 2.23. The summed E-state index contributed by atoms with van der Waals surface area (Å²) in [5.41, 5.74) is 0. The number of aromatic nitrogens is 2. The summed E-state index contributed by atoms with van der Waals surface area (Å²) >= 11 is 6.14. The first-order valence-corrected chi connectivity index (χ1v) is 8.34. The molecule has 7 nitrogen and oxygen atoms in total.